The number of anilines is 2. The molecule has 0 spiro atoms. The topological polar surface area (TPSA) is 90.7 Å². The second-order valence-corrected chi connectivity index (χ2v) is 8.07. The first-order chi connectivity index (χ1) is 14.6. The first-order valence-electron chi connectivity index (χ1n) is 10.7. The molecule has 8 heteroatoms. The van der Waals surface area contributed by atoms with Gasteiger partial charge in [-0.1, -0.05) is 23.7 Å². The minimum absolute atomic E-state index is 0.0478. The molecule has 0 bridgehead atoms. The van der Waals surface area contributed by atoms with E-state index in [1.165, 1.54) is 35.6 Å². The van der Waals surface area contributed by atoms with Gasteiger partial charge in [-0.15, -0.1) is 0 Å². The smallest absolute Gasteiger partial charge is 0.314 e. The third-order valence-corrected chi connectivity index (χ3v) is 6.01. The quantitative estimate of drug-likeness (QED) is 0.734. The zero-order chi connectivity index (χ0) is 20.9. The van der Waals surface area contributed by atoms with E-state index in [0.29, 0.717) is 6.54 Å². The number of hydrogen-bond acceptors (Lipinski definition) is 6. The van der Waals surface area contributed by atoms with Gasteiger partial charge in [0.05, 0.1) is 6.04 Å². The first kappa shape index (κ1) is 20.4. The van der Waals surface area contributed by atoms with Gasteiger partial charge in [0, 0.05) is 31.9 Å². The minimum Gasteiger partial charge on any atom is -0.374 e. The van der Waals surface area contributed by atoms with Gasteiger partial charge in [0.1, 0.15) is 6.26 Å². The molecule has 0 radical (unpaired) electrons. The van der Waals surface area contributed by atoms with Gasteiger partial charge in [-0.25, -0.2) is 0 Å². The highest BCUT2D eigenvalue weighted by molar-refractivity contribution is 6.39. The molecule has 2 N–H and O–H groups in total. The monoisotopic (exact) mass is 411 g/mol. The van der Waals surface area contributed by atoms with Crippen molar-refractivity contribution >= 4 is 23.3 Å². The van der Waals surface area contributed by atoms with Crippen LogP contribution in [0.25, 0.3) is 0 Å². The molecular formula is C22H29N5O3. The lowest BCUT2D eigenvalue weighted by molar-refractivity contribution is -0.136. The van der Waals surface area contributed by atoms with E-state index < -0.39 is 11.8 Å². The Labute approximate surface area is 176 Å². The molecule has 1 aromatic heterocycles. The molecular weight excluding hydrogens is 382 g/mol. The van der Waals surface area contributed by atoms with Crippen molar-refractivity contribution in [1.82, 2.24) is 15.4 Å². The third-order valence-electron chi connectivity index (χ3n) is 6.01. The number of rotatable bonds is 5. The van der Waals surface area contributed by atoms with E-state index in [2.05, 4.69) is 55.4 Å². The van der Waals surface area contributed by atoms with Crippen molar-refractivity contribution in [2.45, 2.75) is 38.1 Å². The Hall–Kier alpha value is -2.87. The number of carbonyl (C=O) groups is 2. The third kappa shape index (κ3) is 4.64. The maximum Gasteiger partial charge on any atom is 0.314 e. The van der Waals surface area contributed by atoms with E-state index in [1.54, 1.807) is 0 Å². The number of carbonyl (C=O) groups excluding carboxylic acids is 2. The van der Waals surface area contributed by atoms with Crippen LogP contribution in [0.4, 0.5) is 11.5 Å². The number of nitrogens with one attached hydrogen (secondary N) is 2. The molecule has 3 heterocycles. The van der Waals surface area contributed by atoms with Crippen LogP contribution in [0.2, 0.25) is 0 Å². The molecule has 1 fully saturated rings. The van der Waals surface area contributed by atoms with Crippen LogP contribution in [0.3, 0.4) is 0 Å². The largest absolute Gasteiger partial charge is 0.374 e. The van der Waals surface area contributed by atoms with Crippen molar-refractivity contribution < 1.29 is 14.1 Å². The molecule has 1 aromatic carbocycles. The summed E-state index contributed by atoms with van der Waals surface area (Å²) in [5.74, 6) is -1.19. The van der Waals surface area contributed by atoms with Crippen LogP contribution >= 0.6 is 0 Å². The Kier molecular flexibility index (Phi) is 6.32. The lowest BCUT2D eigenvalue weighted by atomic mass is 9.95. The molecule has 2 aliphatic heterocycles. The Morgan fingerprint density at radius 3 is 2.70 bits per heavy atom. The van der Waals surface area contributed by atoms with Crippen LogP contribution < -0.4 is 15.5 Å². The van der Waals surface area contributed by atoms with Crippen LogP contribution in [0.5, 0.6) is 0 Å². The standard InChI is InChI=1S/C22H29N5O3/c1-26-10-5-6-16-14-17(7-8-18(16)26)19(27-11-3-2-4-12-27)15-23-21(28)22(29)24-20-9-13-30-25-20/h7-9,13-14,19H,2-6,10-12,15H2,1H3,(H,23,28)(H,24,25,29)/t19-/m1/s1. The minimum atomic E-state index is -0.742. The predicted octanol–water partition coefficient (Wildman–Crippen LogP) is 2.34. The molecule has 0 saturated carbocycles. The summed E-state index contributed by atoms with van der Waals surface area (Å²) in [5, 5.41) is 8.86. The Morgan fingerprint density at radius 2 is 1.93 bits per heavy atom. The molecule has 2 aromatic rings. The van der Waals surface area contributed by atoms with E-state index in [-0.39, 0.29) is 11.9 Å². The van der Waals surface area contributed by atoms with Gasteiger partial charge < -0.3 is 14.7 Å². The van der Waals surface area contributed by atoms with Crippen LogP contribution in [0, 0.1) is 0 Å². The van der Waals surface area contributed by atoms with Gasteiger partial charge in [0.25, 0.3) is 0 Å². The second-order valence-electron chi connectivity index (χ2n) is 8.07. The number of likely N-dealkylation sites (tertiary alicyclic amines) is 1. The highest BCUT2D eigenvalue weighted by atomic mass is 16.5. The molecule has 2 aliphatic rings. The average Bonchev–Trinajstić information content (AvgIpc) is 3.27. The summed E-state index contributed by atoms with van der Waals surface area (Å²) >= 11 is 0. The first-order valence-corrected chi connectivity index (χ1v) is 10.7. The van der Waals surface area contributed by atoms with Crippen molar-refractivity contribution in [3.8, 4) is 0 Å². The number of nitrogens with zero attached hydrogens (tertiary/aromatic N) is 3. The molecule has 4 rings (SSSR count). The summed E-state index contributed by atoms with van der Waals surface area (Å²) in [6.45, 7) is 3.48. The SMILES string of the molecule is CN1CCCc2cc([C@@H](CNC(=O)C(=O)Nc3ccon3)N3CCCCC3)ccc21. The number of fused-ring (bicyclic) bond motifs is 1. The Balaban J connectivity index is 1.47. The fraction of sp³-hybridized carbons (Fsp3) is 0.500. The summed E-state index contributed by atoms with van der Waals surface area (Å²) < 4.78 is 4.68. The molecule has 1 saturated heterocycles. The number of aromatic nitrogens is 1. The average molecular weight is 412 g/mol. The van der Waals surface area contributed by atoms with Crippen LogP contribution in [-0.4, -0.2) is 55.1 Å². The predicted molar refractivity (Wildman–Crippen MR) is 114 cm³/mol. The zero-order valence-electron chi connectivity index (χ0n) is 17.4. The zero-order valence-corrected chi connectivity index (χ0v) is 17.4. The van der Waals surface area contributed by atoms with Crippen LogP contribution in [-0.2, 0) is 16.0 Å². The van der Waals surface area contributed by atoms with Gasteiger partial charge in [0.15, 0.2) is 5.82 Å². The van der Waals surface area contributed by atoms with Crippen molar-refractivity contribution in [3.05, 3.63) is 41.7 Å². The van der Waals surface area contributed by atoms with Crippen molar-refractivity contribution in [3.63, 3.8) is 0 Å². The van der Waals surface area contributed by atoms with Crippen molar-refractivity contribution in [1.29, 1.82) is 0 Å². The van der Waals surface area contributed by atoms with Gasteiger partial charge in [-0.2, -0.15) is 0 Å². The summed E-state index contributed by atoms with van der Waals surface area (Å²) in [7, 11) is 2.13. The summed E-state index contributed by atoms with van der Waals surface area (Å²) in [6, 6.07) is 8.19. The number of amides is 2. The van der Waals surface area contributed by atoms with Gasteiger partial charge >= 0.3 is 11.8 Å². The lowest BCUT2D eigenvalue weighted by Crippen LogP contribution is -2.43. The van der Waals surface area contributed by atoms with Crippen LogP contribution in [0.1, 0.15) is 42.9 Å². The van der Waals surface area contributed by atoms with Gasteiger partial charge in [0.2, 0.25) is 0 Å². The van der Waals surface area contributed by atoms with E-state index >= 15 is 0 Å². The lowest BCUT2D eigenvalue weighted by Gasteiger charge is -2.36. The fourth-order valence-electron chi connectivity index (χ4n) is 4.42. The number of hydrogen-bond donors (Lipinski definition) is 2. The van der Waals surface area contributed by atoms with Crippen LogP contribution in [0.15, 0.2) is 35.1 Å². The van der Waals surface area contributed by atoms with E-state index in [1.807, 2.05) is 0 Å². The molecule has 2 amide bonds. The molecule has 160 valence electrons. The van der Waals surface area contributed by atoms with E-state index in [9.17, 15) is 9.59 Å². The van der Waals surface area contributed by atoms with E-state index in [4.69, 9.17) is 0 Å². The highest BCUT2D eigenvalue weighted by Gasteiger charge is 2.26. The maximum atomic E-state index is 12.4. The summed E-state index contributed by atoms with van der Waals surface area (Å²) in [4.78, 5) is 29.2. The van der Waals surface area contributed by atoms with E-state index in [0.717, 1.165) is 45.3 Å². The maximum absolute atomic E-state index is 12.4. The fourth-order valence-corrected chi connectivity index (χ4v) is 4.42. The Bertz CT molecular complexity index is 877. The normalized spacial score (nSPS) is 17.8. The number of aryl methyl sites for hydroxylation is 1. The van der Waals surface area contributed by atoms with Gasteiger partial charge in [-0.05, 0) is 56.0 Å². The summed E-state index contributed by atoms with van der Waals surface area (Å²) in [5.41, 5.74) is 3.85. The highest BCUT2D eigenvalue weighted by Crippen LogP contribution is 2.31. The van der Waals surface area contributed by atoms with Gasteiger partial charge in [-0.3, -0.25) is 19.8 Å². The summed E-state index contributed by atoms with van der Waals surface area (Å²) in [6.07, 6.45) is 7.13. The second kappa shape index (κ2) is 9.30. The molecule has 1 atom stereocenters. The molecule has 0 unspecified atom stereocenters. The number of piperidine rings is 1. The van der Waals surface area contributed by atoms with Crippen molar-refractivity contribution in [2.75, 3.05) is 43.4 Å². The molecule has 8 nitrogen and oxygen atoms in total. The Morgan fingerprint density at radius 1 is 1.10 bits per heavy atom. The molecule has 0 aliphatic carbocycles. The molecule has 30 heavy (non-hydrogen) atoms. The van der Waals surface area contributed by atoms with Crippen molar-refractivity contribution in [2.24, 2.45) is 0 Å². The number of benzene rings is 1.